The fourth-order valence-corrected chi connectivity index (χ4v) is 3.74. The molecule has 3 aromatic rings. The highest BCUT2D eigenvalue weighted by molar-refractivity contribution is 5.85. The number of rotatable bonds is 5. The van der Waals surface area contributed by atoms with Gasteiger partial charge in [0.2, 0.25) is 5.91 Å². The Balaban J connectivity index is 0.00000256. The van der Waals surface area contributed by atoms with Crippen LogP contribution in [0.15, 0.2) is 53.3 Å². The zero-order valence-electron chi connectivity index (χ0n) is 16.7. The van der Waals surface area contributed by atoms with Crippen LogP contribution in [0.2, 0.25) is 0 Å². The molecule has 9 heteroatoms. The normalized spacial score (nSPS) is 16.2. The summed E-state index contributed by atoms with van der Waals surface area (Å²) in [5.74, 6) is 0.736. The average Bonchev–Trinajstić information content (AvgIpc) is 2.78. The van der Waals surface area contributed by atoms with Gasteiger partial charge in [0.15, 0.2) is 0 Å². The third kappa shape index (κ3) is 4.29. The molecule has 1 aromatic heterocycles. The molecule has 1 unspecified atom stereocenters. The maximum absolute atomic E-state index is 13.0. The van der Waals surface area contributed by atoms with Crippen LogP contribution >= 0.6 is 12.4 Å². The van der Waals surface area contributed by atoms with Crippen molar-refractivity contribution >= 4 is 29.2 Å². The van der Waals surface area contributed by atoms with Crippen molar-refractivity contribution in [3.05, 3.63) is 64.4 Å². The smallest absolute Gasteiger partial charge is 0.277 e. The first-order valence-electron chi connectivity index (χ1n) is 9.64. The summed E-state index contributed by atoms with van der Waals surface area (Å²) in [5, 5.41) is 11.9. The van der Waals surface area contributed by atoms with Crippen molar-refractivity contribution < 1.29 is 9.53 Å². The van der Waals surface area contributed by atoms with Crippen LogP contribution in [0.4, 0.5) is 0 Å². The number of aryl methyl sites for hydroxylation is 1. The lowest BCUT2D eigenvalue weighted by molar-refractivity contribution is -0.134. The number of carbonyl (C=O) groups is 1. The molecule has 0 saturated carbocycles. The van der Waals surface area contributed by atoms with Gasteiger partial charge < -0.3 is 15.0 Å². The van der Waals surface area contributed by atoms with Gasteiger partial charge >= 0.3 is 0 Å². The molecular formula is C21H24ClN5O3. The highest BCUT2D eigenvalue weighted by Crippen LogP contribution is 2.30. The van der Waals surface area contributed by atoms with E-state index in [0.29, 0.717) is 24.0 Å². The fraction of sp³-hybridized carbons (Fsp3) is 0.333. The Morgan fingerprint density at radius 1 is 1.20 bits per heavy atom. The molecule has 2 heterocycles. The van der Waals surface area contributed by atoms with Crippen molar-refractivity contribution in [1.82, 2.24) is 25.2 Å². The number of nitrogens with zero attached hydrogens (tertiary/aromatic N) is 4. The quantitative estimate of drug-likeness (QED) is 0.665. The number of nitrogens with one attached hydrogen (secondary N) is 1. The number of benzene rings is 2. The predicted octanol–water partition coefficient (Wildman–Crippen LogP) is 1.79. The van der Waals surface area contributed by atoms with Crippen LogP contribution in [0.25, 0.3) is 10.9 Å². The first-order chi connectivity index (χ1) is 14.2. The van der Waals surface area contributed by atoms with Crippen molar-refractivity contribution in [2.24, 2.45) is 0 Å². The molecule has 8 nitrogen and oxygen atoms in total. The summed E-state index contributed by atoms with van der Waals surface area (Å²) >= 11 is 0. The van der Waals surface area contributed by atoms with E-state index in [2.05, 4.69) is 15.6 Å². The van der Waals surface area contributed by atoms with Gasteiger partial charge in [0.25, 0.3) is 5.56 Å². The average molecular weight is 430 g/mol. The minimum Gasteiger partial charge on any atom is -0.496 e. The van der Waals surface area contributed by atoms with E-state index in [-0.39, 0.29) is 42.9 Å². The minimum absolute atomic E-state index is 0. The molecule has 2 aromatic carbocycles. The Morgan fingerprint density at radius 2 is 1.97 bits per heavy atom. The lowest BCUT2D eigenvalue weighted by Crippen LogP contribution is -2.49. The molecule has 1 amide bonds. The largest absolute Gasteiger partial charge is 0.496 e. The zero-order chi connectivity index (χ0) is 20.2. The van der Waals surface area contributed by atoms with Gasteiger partial charge in [0, 0.05) is 31.6 Å². The second-order valence-corrected chi connectivity index (χ2v) is 6.93. The Bertz CT molecular complexity index is 1090. The highest BCUT2D eigenvalue weighted by atomic mass is 35.5. The molecule has 4 rings (SSSR count). The van der Waals surface area contributed by atoms with Gasteiger partial charge in [-0.05, 0) is 18.2 Å². The van der Waals surface area contributed by atoms with Crippen LogP contribution in [0.3, 0.4) is 0 Å². The number of aromatic nitrogens is 3. The summed E-state index contributed by atoms with van der Waals surface area (Å²) in [4.78, 5) is 27.5. The van der Waals surface area contributed by atoms with Crippen molar-refractivity contribution in [2.45, 2.75) is 19.0 Å². The van der Waals surface area contributed by atoms with Crippen LogP contribution in [0.1, 0.15) is 18.0 Å². The Kier molecular flexibility index (Phi) is 7.02. The molecule has 0 aliphatic carbocycles. The molecule has 1 fully saturated rings. The number of piperazine rings is 1. The standard InChI is InChI=1S/C21H23N5O3.ClH/c1-29-19-9-5-3-7-16(19)18-14-22-11-13-25(18)20(27)10-12-26-21(28)15-6-2-4-8-17(15)23-24-26;/h2-9,18,22H,10-14H2,1H3;1H. The molecule has 1 saturated heterocycles. The molecule has 158 valence electrons. The van der Waals surface area contributed by atoms with Gasteiger partial charge in [-0.2, -0.15) is 0 Å². The number of hydrogen-bond acceptors (Lipinski definition) is 6. The van der Waals surface area contributed by atoms with Gasteiger partial charge in [0.05, 0.1) is 25.1 Å². The summed E-state index contributed by atoms with van der Waals surface area (Å²) < 4.78 is 6.75. The van der Waals surface area contributed by atoms with E-state index in [4.69, 9.17) is 4.74 Å². The third-order valence-corrected chi connectivity index (χ3v) is 5.23. The summed E-state index contributed by atoms with van der Waals surface area (Å²) in [7, 11) is 1.63. The molecule has 0 radical (unpaired) electrons. The van der Waals surface area contributed by atoms with E-state index in [0.717, 1.165) is 17.9 Å². The minimum atomic E-state index is -0.231. The van der Waals surface area contributed by atoms with Crippen molar-refractivity contribution in [2.75, 3.05) is 26.7 Å². The van der Waals surface area contributed by atoms with Crippen LogP contribution in [0, 0.1) is 0 Å². The van der Waals surface area contributed by atoms with Crippen LogP contribution in [-0.2, 0) is 11.3 Å². The van der Waals surface area contributed by atoms with E-state index in [1.165, 1.54) is 4.68 Å². The number of fused-ring (bicyclic) bond motifs is 1. The molecule has 0 spiro atoms. The Morgan fingerprint density at radius 3 is 2.80 bits per heavy atom. The van der Waals surface area contributed by atoms with Crippen molar-refractivity contribution in [3.8, 4) is 5.75 Å². The monoisotopic (exact) mass is 429 g/mol. The maximum atomic E-state index is 13.0. The van der Waals surface area contributed by atoms with Crippen LogP contribution in [-0.4, -0.2) is 52.5 Å². The number of hydrogen-bond donors (Lipinski definition) is 1. The van der Waals surface area contributed by atoms with E-state index in [1.54, 1.807) is 25.3 Å². The van der Waals surface area contributed by atoms with Crippen LogP contribution in [0.5, 0.6) is 5.75 Å². The highest BCUT2D eigenvalue weighted by Gasteiger charge is 2.29. The predicted molar refractivity (Wildman–Crippen MR) is 116 cm³/mol. The first-order valence-corrected chi connectivity index (χ1v) is 9.64. The fourth-order valence-electron chi connectivity index (χ4n) is 3.74. The molecule has 0 bridgehead atoms. The number of para-hydroxylation sites is 1. The number of halogens is 1. The second kappa shape index (κ2) is 9.69. The summed E-state index contributed by atoms with van der Waals surface area (Å²) in [5.41, 5.74) is 1.29. The molecule has 1 aliphatic heterocycles. The Labute approximate surface area is 180 Å². The van der Waals surface area contributed by atoms with Gasteiger partial charge in [-0.3, -0.25) is 9.59 Å². The van der Waals surface area contributed by atoms with Gasteiger partial charge in [0.1, 0.15) is 11.3 Å². The van der Waals surface area contributed by atoms with E-state index in [1.807, 2.05) is 35.2 Å². The molecule has 1 N–H and O–H groups in total. The summed E-state index contributed by atoms with van der Waals surface area (Å²) in [6.07, 6.45) is 0.179. The first kappa shape index (κ1) is 21.7. The maximum Gasteiger partial charge on any atom is 0.277 e. The van der Waals surface area contributed by atoms with E-state index < -0.39 is 0 Å². The third-order valence-electron chi connectivity index (χ3n) is 5.23. The molecular weight excluding hydrogens is 406 g/mol. The molecule has 1 aliphatic rings. The lowest BCUT2D eigenvalue weighted by atomic mass is 10.0. The summed E-state index contributed by atoms with van der Waals surface area (Å²) in [6, 6.07) is 14.7. The Hall–Kier alpha value is -2.97. The number of methoxy groups -OCH3 is 1. The number of amides is 1. The van der Waals surface area contributed by atoms with Crippen molar-refractivity contribution in [1.29, 1.82) is 0 Å². The van der Waals surface area contributed by atoms with E-state index >= 15 is 0 Å². The van der Waals surface area contributed by atoms with Crippen molar-refractivity contribution in [3.63, 3.8) is 0 Å². The van der Waals surface area contributed by atoms with Gasteiger partial charge in [-0.1, -0.05) is 35.5 Å². The topological polar surface area (TPSA) is 89.3 Å². The SMILES string of the molecule is COc1ccccc1C1CNCCN1C(=O)CCn1nnc2ccccc2c1=O.Cl. The zero-order valence-corrected chi connectivity index (χ0v) is 17.5. The van der Waals surface area contributed by atoms with E-state index in [9.17, 15) is 9.59 Å². The van der Waals surface area contributed by atoms with Gasteiger partial charge in [-0.25, -0.2) is 4.68 Å². The summed E-state index contributed by atoms with van der Waals surface area (Å²) in [6.45, 7) is 2.17. The number of carbonyl (C=O) groups excluding carboxylic acids is 1. The molecule has 1 atom stereocenters. The lowest BCUT2D eigenvalue weighted by Gasteiger charge is -2.37. The molecule has 30 heavy (non-hydrogen) atoms. The number of ether oxygens (including phenoxy) is 1. The van der Waals surface area contributed by atoms with Gasteiger partial charge in [-0.15, -0.1) is 17.5 Å². The van der Waals surface area contributed by atoms with Crippen LogP contribution < -0.4 is 15.6 Å². The second-order valence-electron chi connectivity index (χ2n) is 6.93.